The number of rotatable bonds is 11. The van der Waals surface area contributed by atoms with Crippen molar-refractivity contribution in [2.24, 2.45) is 17.6 Å². The van der Waals surface area contributed by atoms with Gasteiger partial charge in [-0.2, -0.15) is 11.8 Å². The van der Waals surface area contributed by atoms with Gasteiger partial charge in [0, 0.05) is 12.3 Å². The fourth-order valence-corrected chi connectivity index (χ4v) is 5.45. The van der Waals surface area contributed by atoms with Crippen molar-refractivity contribution in [3.8, 4) is 0 Å². The summed E-state index contributed by atoms with van der Waals surface area (Å²) in [5, 5.41) is 6.17. The lowest BCUT2D eigenvalue weighted by molar-refractivity contribution is -0.153. The van der Waals surface area contributed by atoms with Gasteiger partial charge in [0.25, 0.3) is 0 Å². The van der Waals surface area contributed by atoms with Crippen LogP contribution in [0, 0.1) is 11.8 Å². The van der Waals surface area contributed by atoms with Crippen LogP contribution in [0.1, 0.15) is 64.6 Å². The zero-order valence-electron chi connectivity index (χ0n) is 22.7. The summed E-state index contributed by atoms with van der Waals surface area (Å²) < 4.78 is 10.7. The zero-order valence-corrected chi connectivity index (χ0v) is 23.5. The van der Waals surface area contributed by atoms with Crippen LogP contribution in [0.3, 0.4) is 0 Å². The van der Waals surface area contributed by atoms with Crippen LogP contribution in [0.5, 0.6) is 0 Å². The van der Waals surface area contributed by atoms with Crippen LogP contribution in [0.4, 0.5) is 4.79 Å². The monoisotopic (exact) mass is 521 g/mol. The molecule has 1 aliphatic rings. The normalized spacial score (nSPS) is 19.7. The Morgan fingerprint density at radius 3 is 2.50 bits per heavy atom. The van der Waals surface area contributed by atoms with E-state index in [1.54, 1.807) is 20.8 Å². The molecule has 0 spiro atoms. The van der Waals surface area contributed by atoms with Gasteiger partial charge in [-0.25, -0.2) is 9.59 Å². The molecule has 0 aromatic heterocycles. The van der Waals surface area contributed by atoms with Crippen molar-refractivity contribution in [1.29, 1.82) is 0 Å². The molecule has 2 unspecified atom stereocenters. The summed E-state index contributed by atoms with van der Waals surface area (Å²) in [5.41, 5.74) is 6.41. The number of amides is 1. The Labute approximate surface area is 219 Å². The second-order valence-electron chi connectivity index (χ2n) is 10.6. The van der Waals surface area contributed by atoms with E-state index < -0.39 is 41.2 Å². The van der Waals surface area contributed by atoms with Crippen molar-refractivity contribution in [3.05, 3.63) is 35.4 Å². The number of hydrogen-bond donors (Lipinski definition) is 3. The van der Waals surface area contributed by atoms with Gasteiger partial charge in [-0.05, 0) is 56.9 Å². The molecule has 1 amide bonds. The number of carbonyl (C=O) groups is 3. The lowest BCUT2D eigenvalue weighted by atomic mass is 9.71. The summed E-state index contributed by atoms with van der Waals surface area (Å²) in [6, 6.07) is 6.33. The van der Waals surface area contributed by atoms with Crippen LogP contribution < -0.4 is 16.4 Å². The number of esters is 1. The average molecular weight is 522 g/mol. The number of thioether (sulfide) groups is 1. The highest BCUT2D eigenvalue weighted by molar-refractivity contribution is 7.98. The number of nitrogens with one attached hydrogen (secondary N) is 2. The summed E-state index contributed by atoms with van der Waals surface area (Å²) in [6.07, 6.45) is 3.18. The van der Waals surface area contributed by atoms with Gasteiger partial charge < -0.3 is 25.8 Å². The summed E-state index contributed by atoms with van der Waals surface area (Å²) in [6.45, 7) is 9.97. The first-order valence-corrected chi connectivity index (χ1v) is 14.0. The molecule has 0 aliphatic carbocycles. The molecule has 202 valence electrons. The van der Waals surface area contributed by atoms with Crippen LogP contribution in [0.2, 0.25) is 0 Å². The van der Waals surface area contributed by atoms with Crippen LogP contribution >= 0.6 is 11.8 Å². The molecule has 1 heterocycles. The molecule has 0 radical (unpaired) electrons. The standard InChI is InChI=1S/C27H43N3O5S/c1-8-17(2)15-21(30-25(33)35-26(3,4)5)27(28,24(32)34-6)20(16-36-7)23(31)22-19-12-10-9-11-18(19)13-14-29-22/h9-12,17,20-22,29H,8,13-16,28H2,1-7H3,(H,30,33)/t17-,20+,21?,22?,27-/m0/s1. The van der Waals surface area contributed by atoms with Crippen molar-refractivity contribution >= 4 is 29.6 Å². The molecule has 0 bridgehead atoms. The van der Waals surface area contributed by atoms with E-state index >= 15 is 0 Å². The lowest BCUT2D eigenvalue weighted by Crippen LogP contribution is -2.70. The molecule has 0 saturated carbocycles. The van der Waals surface area contributed by atoms with Crippen LogP contribution in [0.25, 0.3) is 0 Å². The van der Waals surface area contributed by atoms with Crippen LogP contribution in [-0.2, 0) is 25.5 Å². The van der Waals surface area contributed by atoms with Gasteiger partial charge in [-0.15, -0.1) is 0 Å². The second kappa shape index (κ2) is 12.9. The third-order valence-corrected chi connectivity index (χ3v) is 7.45. The fourth-order valence-electron chi connectivity index (χ4n) is 4.68. The van der Waals surface area contributed by atoms with E-state index in [1.807, 2.05) is 44.4 Å². The van der Waals surface area contributed by atoms with Gasteiger partial charge in [-0.3, -0.25) is 4.79 Å². The third-order valence-electron chi connectivity index (χ3n) is 6.79. The maximum Gasteiger partial charge on any atom is 0.407 e. The first-order valence-electron chi connectivity index (χ1n) is 12.6. The minimum absolute atomic E-state index is 0.121. The Morgan fingerprint density at radius 2 is 1.92 bits per heavy atom. The van der Waals surface area contributed by atoms with Crippen LogP contribution in [0.15, 0.2) is 24.3 Å². The Balaban J connectivity index is 2.57. The Hall–Kier alpha value is -2.10. The SMILES string of the molecule is CC[C@H](C)CC(NC(=O)OC(C)(C)C)[C@](N)(C(=O)OC)[C@H](CSC)C(=O)C1NCCc2ccccc21. The summed E-state index contributed by atoms with van der Waals surface area (Å²) in [7, 11) is 1.26. The van der Waals surface area contributed by atoms with E-state index in [-0.39, 0.29) is 17.5 Å². The van der Waals surface area contributed by atoms with E-state index in [2.05, 4.69) is 10.6 Å². The van der Waals surface area contributed by atoms with Crippen molar-refractivity contribution in [1.82, 2.24) is 10.6 Å². The minimum atomic E-state index is -1.80. The third kappa shape index (κ3) is 7.23. The molecule has 4 N–H and O–H groups in total. The second-order valence-corrected chi connectivity index (χ2v) is 11.5. The minimum Gasteiger partial charge on any atom is -0.468 e. The highest BCUT2D eigenvalue weighted by atomic mass is 32.2. The Kier molecular flexibility index (Phi) is 10.8. The van der Waals surface area contributed by atoms with E-state index in [4.69, 9.17) is 15.2 Å². The molecule has 5 atom stereocenters. The number of alkyl carbamates (subject to hydrolysis) is 1. The zero-order chi connectivity index (χ0) is 27.1. The number of benzene rings is 1. The smallest absolute Gasteiger partial charge is 0.407 e. The lowest BCUT2D eigenvalue weighted by Gasteiger charge is -2.42. The van der Waals surface area contributed by atoms with Gasteiger partial charge in [0.15, 0.2) is 5.78 Å². The molecule has 2 rings (SSSR count). The number of carbonyl (C=O) groups excluding carboxylic acids is 3. The molecule has 9 heteroatoms. The Bertz CT molecular complexity index is 919. The number of ketones is 1. The highest BCUT2D eigenvalue weighted by Crippen LogP contribution is 2.34. The van der Waals surface area contributed by atoms with Gasteiger partial charge in [0.2, 0.25) is 0 Å². The Morgan fingerprint density at radius 1 is 1.25 bits per heavy atom. The van der Waals surface area contributed by atoms with Crippen molar-refractivity contribution in [2.45, 2.75) is 77.1 Å². The van der Waals surface area contributed by atoms with Gasteiger partial charge in [-0.1, -0.05) is 44.5 Å². The molecule has 1 aromatic carbocycles. The molecule has 0 saturated heterocycles. The summed E-state index contributed by atoms with van der Waals surface area (Å²) in [5.74, 6) is -1.44. The van der Waals surface area contributed by atoms with Gasteiger partial charge in [0.1, 0.15) is 11.1 Å². The fraction of sp³-hybridized carbons (Fsp3) is 0.667. The van der Waals surface area contributed by atoms with Crippen molar-refractivity contribution < 1.29 is 23.9 Å². The van der Waals surface area contributed by atoms with E-state index in [0.717, 1.165) is 24.0 Å². The number of fused-ring (bicyclic) bond motifs is 1. The predicted molar refractivity (Wildman–Crippen MR) is 144 cm³/mol. The molecule has 0 fully saturated rings. The molecule has 8 nitrogen and oxygen atoms in total. The summed E-state index contributed by atoms with van der Waals surface area (Å²) >= 11 is 1.43. The molecule has 1 aliphatic heterocycles. The average Bonchev–Trinajstić information content (AvgIpc) is 2.83. The first kappa shape index (κ1) is 30.1. The van der Waals surface area contributed by atoms with Gasteiger partial charge in [0.05, 0.1) is 25.1 Å². The van der Waals surface area contributed by atoms with E-state index in [0.29, 0.717) is 13.0 Å². The number of hydrogen-bond acceptors (Lipinski definition) is 8. The van der Waals surface area contributed by atoms with Crippen LogP contribution in [-0.4, -0.2) is 60.7 Å². The molecular weight excluding hydrogens is 478 g/mol. The van der Waals surface area contributed by atoms with Crippen molar-refractivity contribution in [2.75, 3.05) is 25.7 Å². The van der Waals surface area contributed by atoms with E-state index in [9.17, 15) is 14.4 Å². The number of ether oxygens (including phenoxy) is 2. The molecule has 1 aromatic rings. The quantitative estimate of drug-likeness (QED) is 0.378. The predicted octanol–water partition coefficient (Wildman–Crippen LogP) is 3.62. The maximum atomic E-state index is 14.2. The maximum absolute atomic E-state index is 14.2. The highest BCUT2D eigenvalue weighted by Gasteiger charge is 2.54. The number of Topliss-reactive ketones (excluding diaryl/α,β-unsaturated/α-hetero) is 1. The number of methoxy groups -OCH3 is 1. The number of nitrogens with two attached hydrogens (primary N) is 1. The first-order chi connectivity index (χ1) is 16.9. The largest absolute Gasteiger partial charge is 0.468 e. The molecular formula is C27H43N3O5S. The van der Waals surface area contributed by atoms with Crippen molar-refractivity contribution in [3.63, 3.8) is 0 Å². The topological polar surface area (TPSA) is 120 Å². The summed E-state index contributed by atoms with van der Waals surface area (Å²) in [4.78, 5) is 40.5. The van der Waals surface area contributed by atoms with Gasteiger partial charge >= 0.3 is 12.1 Å². The van der Waals surface area contributed by atoms with E-state index in [1.165, 1.54) is 18.9 Å². The molecule has 36 heavy (non-hydrogen) atoms.